The molecule has 2 fully saturated rings. The molecule has 2 aromatic heterocycles. The third-order valence-electron chi connectivity index (χ3n) is 7.79. The third-order valence-corrected chi connectivity index (χ3v) is 7.79. The Morgan fingerprint density at radius 2 is 2.00 bits per heavy atom. The number of nitrogens with zero attached hydrogens (tertiary/aromatic N) is 4. The summed E-state index contributed by atoms with van der Waals surface area (Å²) >= 11 is 0. The number of imidazole rings is 1. The molecular weight excluding hydrogens is 332 g/mol. The molecule has 3 heterocycles. The zero-order chi connectivity index (χ0) is 19.0. The van der Waals surface area contributed by atoms with Crippen molar-refractivity contribution in [2.45, 2.75) is 40.5 Å². The first kappa shape index (κ1) is 16.6. The predicted octanol–water partition coefficient (Wildman–Crippen LogP) is 4.93. The standard InChI is InChI=1S/C23H26N4/c1-15-11-20(26-13-16-9-10-23(4,14-26)22(16,2)3)27-19-8-6-5-7-18(19)25-21(27)17(15)12-24/h5-8,11,16H,9-10,13-14H2,1-4H3. The minimum atomic E-state index is 0.320. The van der Waals surface area contributed by atoms with Crippen molar-refractivity contribution in [3.05, 3.63) is 41.5 Å². The van der Waals surface area contributed by atoms with Gasteiger partial charge in [0.1, 0.15) is 11.9 Å². The molecule has 4 nitrogen and oxygen atoms in total. The van der Waals surface area contributed by atoms with Crippen LogP contribution in [0.3, 0.4) is 0 Å². The van der Waals surface area contributed by atoms with E-state index < -0.39 is 0 Å². The van der Waals surface area contributed by atoms with E-state index in [1.807, 2.05) is 19.1 Å². The number of benzene rings is 1. The van der Waals surface area contributed by atoms with E-state index in [0.29, 0.717) is 22.3 Å². The van der Waals surface area contributed by atoms with Crippen LogP contribution in [-0.4, -0.2) is 22.5 Å². The molecule has 3 aromatic rings. The van der Waals surface area contributed by atoms with Gasteiger partial charge in [0.2, 0.25) is 0 Å². The van der Waals surface area contributed by atoms with E-state index in [9.17, 15) is 5.26 Å². The molecule has 2 bridgehead atoms. The highest BCUT2D eigenvalue weighted by Crippen LogP contribution is 2.59. The van der Waals surface area contributed by atoms with E-state index in [1.165, 1.54) is 18.7 Å². The largest absolute Gasteiger partial charge is 0.357 e. The fourth-order valence-electron chi connectivity index (χ4n) is 5.50. The lowest BCUT2D eigenvalue weighted by Gasteiger charge is -2.51. The molecule has 1 aliphatic carbocycles. The molecule has 1 aromatic carbocycles. The van der Waals surface area contributed by atoms with Crippen LogP contribution in [0.4, 0.5) is 5.82 Å². The van der Waals surface area contributed by atoms with Crippen LogP contribution in [0.2, 0.25) is 0 Å². The van der Waals surface area contributed by atoms with Crippen LogP contribution < -0.4 is 4.90 Å². The number of aryl methyl sites for hydroxylation is 1. The molecule has 27 heavy (non-hydrogen) atoms. The maximum atomic E-state index is 9.73. The van der Waals surface area contributed by atoms with Crippen LogP contribution in [-0.2, 0) is 0 Å². The van der Waals surface area contributed by atoms with Crippen molar-refractivity contribution >= 4 is 22.5 Å². The molecule has 0 spiro atoms. The predicted molar refractivity (Wildman–Crippen MR) is 109 cm³/mol. The average molecular weight is 358 g/mol. The molecule has 2 atom stereocenters. The third kappa shape index (κ3) is 2.06. The van der Waals surface area contributed by atoms with Crippen molar-refractivity contribution in [3.8, 4) is 6.07 Å². The van der Waals surface area contributed by atoms with Gasteiger partial charge in [-0.1, -0.05) is 32.9 Å². The summed E-state index contributed by atoms with van der Waals surface area (Å²) in [5.74, 6) is 1.89. The van der Waals surface area contributed by atoms with Crippen LogP contribution in [0.1, 0.15) is 44.7 Å². The molecule has 5 rings (SSSR count). The summed E-state index contributed by atoms with van der Waals surface area (Å²) < 4.78 is 2.21. The summed E-state index contributed by atoms with van der Waals surface area (Å²) in [6.45, 7) is 11.5. The van der Waals surface area contributed by atoms with E-state index in [1.54, 1.807) is 0 Å². The molecule has 0 N–H and O–H groups in total. The Balaban J connectivity index is 1.76. The second-order valence-corrected chi connectivity index (χ2v) is 9.33. The molecule has 1 saturated heterocycles. The molecule has 2 unspecified atom stereocenters. The Morgan fingerprint density at radius 3 is 2.74 bits per heavy atom. The number of fused-ring (bicyclic) bond motifs is 5. The fraction of sp³-hybridized carbons (Fsp3) is 0.478. The first-order valence-corrected chi connectivity index (χ1v) is 9.91. The average Bonchev–Trinajstić information content (AvgIpc) is 3.02. The molecule has 0 radical (unpaired) electrons. The van der Waals surface area contributed by atoms with Gasteiger partial charge in [-0.15, -0.1) is 0 Å². The van der Waals surface area contributed by atoms with Gasteiger partial charge in [0.15, 0.2) is 5.65 Å². The fourth-order valence-corrected chi connectivity index (χ4v) is 5.50. The Hall–Kier alpha value is -2.54. The lowest BCUT2D eigenvalue weighted by molar-refractivity contribution is 0.0694. The SMILES string of the molecule is Cc1cc(N2CC3CCC(C)(C2)C3(C)C)n2c(nc3ccccc32)c1C#N. The number of piperidine rings is 1. The molecule has 1 saturated carbocycles. The van der Waals surface area contributed by atoms with Gasteiger partial charge in [-0.3, -0.25) is 4.40 Å². The van der Waals surface area contributed by atoms with E-state index in [4.69, 9.17) is 4.98 Å². The Bertz CT molecular complexity index is 1120. The van der Waals surface area contributed by atoms with Crippen LogP contribution in [0, 0.1) is 35.0 Å². The van der Waals surface area contributed by atoms with Crippen LogP contribution in [0.5, 0.6) is 0 Å². The van der Waals surface area contributed by atoms with Crippen LogP contribution in [0.15, 0.2) is 30.3 Å². The topological polar surface area (TPSA) is 44.3 Å². The first-order valence-electron chi connectivity index (χ1n) is 9.91. The second kappa shape index (κ2) is 5.25. The number of para-hydroxylation sites is 2. The Labute approximate surface area is 160 Å². The quantitative estimate of drug-likeness (QED) is 0.619. The summed E-state index contributed by atoms with van der Waals surface area (Å²) in [5.41, 5.74) is 5.21. The lowest BCUT2D eigenvalue weighted by Crippen LogP contribution is -2.52. The maximum absolute atomic E-state index is 9.73. The number of anilines is 1. The lowest BCUT2D eigenvalue weighted by atomic mass is 9.63. The molecule has 4 heteroatoms. The van der Waals surface area contributed by atoms with Crippen molar-refractivity contribution in [2.24, 2.45) is 16.7 Å². The highest BCUT2D eigenvalue weighted by molar-refractivity contribution is 5.85. The van der Waals surface area contributed by atoms with Gasteiger partial charge in [0.25, 0.3) is 0 Å². The number of aromatic nitrogens is 2. The summed E-state index contributed by atoms with van der Waals surface area (Å²) in [5, 5.41) is 9.73. The second-order valence-electron chi connectivity index (χ2n) is 9.33. The zero-order valence-corrected chi connectivity index (χ0v) is 16.6. The highest BCUT2D eigenvalue weighted by atomic mass is 15.3. The smallest absolute Gasteiger partial charge is 0.157 e. The minimum absolute atomic E-state index is 0.320. The van der Waals surface area contributed by atoms with E-state index >= 15 is 0 Å². The number of hydrogen-bond donors (Lipinski definition) is 0. The number of nitriles is 1. The van der Waals surface area contributed by atoms with E-state index in [-0.39, 0.29) is 0 Å². The van der Waals surface area contributed by atoms with Gasteiger partial charge in [-0.05, 0) is 60.3 Å². The summed E-state index contributed by atoms with van der Waals surface area (Å²) in [7, 11) is 0. The minimum Gasteiger partial charge on any atom is -0.357 e. The Kier molecular flexibility index (Phi) is 3.23. The van der Waals surface area contributed by atoms with Crippen molar-refractivity contribution < 1.29 is 0 Å². The molecule has 2 aliphatic rings. The number of rotatable bonds is 1. The first-order chi connectivity index (χ1) is 12.9. The molecule has 1 aliphatic heterocycles. The normalized spacial score (nSPS) is 26.6. The van der Waals surface area contributed by atoms with Gasteiger partial charge < -0.3 is 4.90 Å². The summed E-state index contributed by atoms with van der Waals surface area (Å²) in [6.07, 6.45) is 2.60. The van der Waals surface area contributed by atoms with Gasteiger partial charge in [0, 0.05) is 13.1 Å². The van der Waals surface area contributed by atoms with E-state index in [2.05, 4.69) is 54.3 Å². The number of hydrogen-bond acceptors (Lipinski definition) is 3. The molecular formula is C23H26N4. The van der Waals surface area contributed by atoms with Gasteiger partial charge in [0.05, 0.1) is 16.6 Å². The van der Waals surface area contributed by atoms with Gasteiger partial charge in [-0.2, -0.15) is 5.26 Å². The Morgan fingerprint density at radius 1 is 1.22 bits per heavy atom. The molecule has 0 amide bonds. The molecule has 138 valence electrons. The van der Waals surface area contributed by atoms with Crippen molar-refractivity contribution in [2.75, 3.05) is 18.0 Å². The summed E-state index contributed by atoms with van der Waals surface area (Å²) in [6, 6.07) is 12.8. The monoisotopic (exact) mass is 358 g/mol. The van der Waals surface area contributed by atoms with Gasteiger partial charge >= 0.3 is 0 Å². The van der Waals surface area contributed by atoms with Crippen LogP contribution in [0.25, 0.3) is 16.7 Å². The van der Waals surface area contributed by atoms with Crippen molar-refractivity contribution in [3.63, 3.8) is 0 Å². The van der Waals surface area contributed by atoms with Crippen molar-refractivity contribution in [1.82, 2.24) is 9.38 Å². The highest BCUT2D eigenvalue weighted by Gasteiger charge is 2.55. The zero-order valence-electron chi connectivity index (χ0n) is 16.6. The van der Waals surface area contributed by atoms with E-state index in [0.717, 1.165) is 35.3 Å². The maximum Gasteiger partial charge on any atom is 0.157 e. The summed E-state index contributed by atoms with van der Waals surface area (Å²) in [4.78, 5) is 7.37. The van der Waals surface area contributed by atoms with Crippen molar-refractivity contribution in [1.29, 1.82) is 5.26 Å². The number of pyridine rings is 1. The van der Waals surface area contributed by atoms with Crippen LogP contribution >= 0.6 is 0 Å². The van der Waals surface area contributed by atoms with Gasteiger partial charge in [-0.25, -0.2) is 4.98 Å².